The smallest absolute Gasteiger partial charge is 0.222 e. The first kappa shape index (κ1) is 18.3. The highest BCUT2D eigenvalue weighted by atomic mass is 35.5. The van der Waals surface area contributed by atoms with Crippen LogP contribution in [0.3, 0.4) is 0 Å². The fourth-order valence-electron chi connectivity index (χ4n) is 2.33. The van der Waals surface area contributed by atoms with Crippen molar-refractivity contribution in [3.63, 3.8) is 0 Å². The number of benzene rings is 2. The lowest BCUT2D eigenvalue weighted by molar-refractivity contribution is 0.590. The molecule has 130 valence electrons. The molecule has 25 heavy (non-hydrogen) atoms. The SMILES string of the molecule is NS(=O)(=O)C(c1ccc(Cl)cc1)c1nnc(Cc2ccc(Cl)cc2)s1. The highest BCUT2D eigenvalue weighted by molar-refractivity contribution is 7.89. The van der Waals surface area contributed by atoms with Gasteiger partial charge in [-0.15, -0.1) is 10.2 Å². The highest BCUT2D eigenvalue weighted by Gasteiger charge is 2.29. The molecule has 2 aromatic carbocycles. The van der Waals surface area contributed by atoms with Crippen LogP contribution in [0, 0.1) is 0 Å². The molecular weight excluding hydrogens is 401 g/mol. The van der Waals surface area contributed by atoms with Crippen LogP contribution in [0.25, 0.3) is 0 Å². The van der Waals surface area contributed by atoms with Crippen molar-refractivity contribution in [2.45, 2.75) is 11.7 Å². The second-order valence-corrected chi connectivity index (χ2v) is 8.97. The Balaban J connectivity index is 1.91. The number of nitrogens with two attached hydrogens (primary N) is 1. The molecule has 0 aliphatic rings. The van der Waals surface area contributed by atoms with Gasteiger partial charge >= 0.3 is 0 Å². The molecule has 0 saturated heterocycles. The van der Waals surface area contributed by atoms with E-state index in [1.54, 1.807) is 36.4 Å². The van der Waals surface area contributed by atoms with E-state index < -0.39 is 15.3 Å². The van der Waals surface area contributed by atoms with Gasteiger partial charge in [-0.25, -0.2) is 13.6 Å². The topological polar surface area (TPSA) is 85.9 Å². The summed E-state index contributed by atoms with van der Waals surface area (Å²) in [4.78, 5) is 0. The monoisotopic (exact) mass is 413 g/mol. The van der Waals surface area contributed by atoms with Crippen molar-refractivity contribution in [1.29, 1.82) is 0 Å². The minimum absolute atomic E-state index is 0.328. The van der Waals surface area contributed by atoms with Crippen molar-refractivity contribution in [3.8, 4) is 0 Å². The van der Waals surface area contributed by atoms with E-state index in [0.717, 1.165) is 5.56 Å². The summed E-state index contributed by atoms with van der Waals surface area (Å²) in [5, 5.41) is 14.7. The van der Waals surface area contributed by atoms with Crippen LogP contribution in [0.2, 0.25) is 10.0 Å². The van der Waals surface area contributed by atoms with Crippen LogP contribution in [0.1, 0.15) is 26.4 Å². The molecule has 0 fully saturated rings. The zero-order chi connectivity index (χ0) is 18.0. The summed E-state index contributed by atoms with van der Waals surface area (Å²) in [6.07, 6.45) is 0.535. The van der Waals surface area contributed by atoms with Gasteiger partial charge in [0.2, 0.25) is 10.0 Å². The molecule has 1 atom stereocenters. The third kappa shape index (κ3) is 4.56. The predicted molar refractivity (Wildman–Crippen MR) is 101 cm³/mol. The van der Waals surface area contributed by atoms with E-state index in [9.17, 15) is 8.42 Å². The molecule has 0 saturated carbocycles. The van der Waals surface area contributed by atoms with Gasteiger partial charge in [0.25, 0.3) is 0 Å². The van der Waals surface area contributed by atoms with Crippen LogP contribution in [0.5, 0.6) is 0 Å². The second-order valence-electron chi connectivity index (χ2n) is 5.36. The Morgan fingerprint density at radius 3 is 2.08 bits per heavy atom. The lowest BCUT2D eigenvalue weighted by atomic mass is 10.1. The van der Waals surface area contributed by atoms with Crippen molar-refractivity contribution in [1.82, 2.24) is 10.2 Å². The first-order valence-electron chi connectivity index (χ1n) is 7.17. The Hall–Kier alpha value is -1.51. The lowest BCUT2D eigenvalue weighted by Gasteiger charge is -2.11. The van der Waals surface area contributed by atoms with E-state index in [1.807, 2.05) is 12.1 Å². The molecule has 1 unspecified atom stereocenters. The molecule has 1 aromatic heterocycles. The lowest BCUT2D eigenvalue weighted by Crippen LogP contribution is -2.22. The third-order valence-electron chi connectivity index (χ3n) is 3.48. The Kier molecular flexibility index (Phi) is 5.41. The van der Waals surface area contributed by atoms with E-state index in [-0.39, 0.29) is 0 Å². The largest absolute Gasteiger partial charge is 0.228 e. The Bertz CT molecular complexity index is 971. The molecule has 0 amide bonds. The average molecular weight is 414 g/mol. The number of primary sulfonamides is 1. The van der Waals surface area contributed by atoms with Crippen molar-refractivity contribution in [2.24, 2.45) is 5.14 Å². The summed E-state index contributed by atoms with van der Waals surface area (Å²) < 4.78 is 24.2. The number of hydrogen-bond acceptors (Lipinski definition) is 5. The molecule has 0 radical (unpaired) electrons. The quantitative estimate of drug-likeness (QED) is 0.688. The first-order chi connectivity index (χ1) is 11.8. The van der Waals surface area contributed by atoms with Gasteiger partial charge in [-0.1, -0.05) is 58.8 Å². The third-order valence-corrected chi connectivity index (χ3v) is 6.27. The van der Waals surface area contributed by atoms with E-state index >= 15 is 0 Å². The summed E-state index contributed by atoms with van der Waals surface area (Å²) >= 11 is 13.0. The van der Waals surface area contributed by atoms with Gasteiger partial charge in [-0.2, -0.15) is 0 Å². The van der Waals surface area contributed by atoms with Gasteiger partial charge in [0.15, 0.2) is 5.25 Å². The Morgan fingerprint density at radius 2 is 1.52 bits per heavy atom. The van der Waals surface area contributed by atoms with Gasteiger partial charge in [0, 0.05) is 16.5 Å². The molecule has 3 rings (SSSR count). The molecule has 2 N–H and O–H groups in total. The maximum atomic E-state index is 12.1. The van der Waals surface area contributed by atoms with Gasteiger partial charge in [0.1, 0.15) is 10.0 Å². The minimum atomic E-state index is -3.90. The van der Waals surface area contributed by atoms with Crippen LogP contribution < -0.4 is 5.14 Å². The molecule has 3 aromatic rings. The van der Waals surface area contributed by atoms with Gasteiger partial charge in [-0.3, -0.25) is 0 Å². The van der Waals surface area contributed by atoms with Crippen molar-refractivity contribution in [3.05, 3.63) is 79.7 Å². The average Bonchev–Trinajstić information content (AvgIpc) is 2.98. The number of nitrogens with zero attached hydrogens (tertiary/aromatic N) is 2. The number of hydrogen-bond donors (Lipinski definition) is 1. The van der Waals surface area contributed by atoms with E-state index in [4.69, 9.17) is 28.3 Å². The van der Waals surface area contributed by atoms with Crippen LogP contribution in [0.15, 0.2) is 48.5 Å². The molecule has 0 spiro atoms. The number of halogens is 2. The maximum absolute atomic E-state index is 12.1. The van der Waals surface area contributed by atoms with Crippen LogP contribution in [-0.2, 0) is 16.4 Å². The maximum Gasteiger partial charge on any atom is 0.222 e. The van der Waals surface area contributed by atoms with Crippen LogP contribution in [0.4, 0.5) is 0 Å². The molecule has 1 heterocycles. The highest BCUT2D eigenvalue weighted by Crippen LogP contribution is 2.32. The van der Waals surface area contributed by atoms with Crippen molar-refractivity contribution >= 4 is 44.6 Å². The fraction of sp³-hybridized carbons (Fsp3) is 0.125. The summed E-state index contributed by atoms with van der Waals surface area (Å²) in [5.41, 5.74) is 1.51. The number of aromatic nitrogens is 2. The minimum Gasteiger partial charge on any atom is -0.228 e. The van der Waals surface area contributed by atoms with Gasteiger partial charge in [-0.05, 0) is 35.4 Å². The van der Waals surface area contributed by atoms with Gasteiger partial charge < -0.3 is 0 Å². The molecular formula is C16H13Cl2N3O2S2. The molecule has 0 bridgehead atoms. The fourth-order valence-corrected chi connectivity index (χ4v) is 4.88. The van der Waals surface area contributed by atoms with Crippen molar-refractivity contribution < 1.29 is 8.42 Å². The Labute approximate surface area is 159 Å². The number of sulfonamides is 1. The summed E-state index contributed by atoms with van der Waals surface area (Å²) in [6.45, 7) is 0. The predicted octanol–water partition coefficient (Wildman–Crippen LogP) is 3.81. The molecule has 0 aliphatic heterocycles. The second kappa shape index (κ2) is 7.39. The molecule has 0 aliphatic carbocycles. The number of rotatable bonds is 5. The summed E-state index contributed by atoms with van der Waals surface area (Å²) in [5.74, 6) is 0. The van der Waals surface area contributed by atoms with E-state index in [2.05, 4.69) is 10.2 Å². The van der Waals surface area contributed by atoms with Crippen molar-refractivity contribution in [2.75, 3.05) is 0 Å². The molecule has 9 heteroatoms. The zero-order valence-electron chi connectivity index (χ0n) is 12.8. The standard InChI is InChI=1S/C16H13Cl2N3O2S2/c17-12-5-1-10(2-6-12)9-14-20-21-16(24-14)15(25(19,22)23)11-3-7-13(18)8-4-11/h1-8,15H,9H2,(H2,19,22,23). The first-order valence-corrected chi connectivity index (χ1v) is 10.3. The van der Waals surface area contributed by atoms with Gasteiger partial charge in [0.05, 0.1) is 0 Å². The normalized spacial score (nSPS) is 12.9. The van der Waals surface area contributed by atoms with Crippen LogP contribution >= 0.6 is 34.5 Å². The summed E-state index contributed by atoms with van der Waals surface area (Å²) in [6, 6.07) is 13.8. The summed E-state index contributed by atoms with van der Waals surface area (Å²) in [7, 11) is -3.90. The van der Waals surface area contributed by atoms with Crippen LogP contribution in [-0.4, -0.2) is 18.6 Å². The zero-order valence-corrected chi connectivity index (χ0v) is 15.9. The Morgan fingerprint density at radius 1 is 0.960 bits per heavy atom. The van der Waals surface area contributed by atoms with E-state index in [0.29, 0.717) is 32.0 Å². The molecule has 5 nitrogen and oxygen atoms in total. The van der Waals surface area contributed by atoms with E-state index in [1.165, 1.54) is 11.3 Å².